The number of ether oxygens (including phenoxy) is 2. The summed E-state index contributed by atoms with van der Waals surface area (Å²) in [5.74, 6) is -0.174. The molecule has 1 amide bonds. The third kappa shape index (κ3) is 5.43. The zero-order valence-electron chi connectivity index (χ0n) is 17.7. The van der Waals surface area contributed by atoms with Gasteiger partial charge < -0.3 is 14.4 Å². The van der Waals surface area contributed by atoms with Gasteiger partial charge in [-0.3, -0.25) is 25.0 Å². The van der Waals surface area contributed by atoms with Crippen LogP contribution in [0.5, 0.6) is 17.2 Å². The minimum atomic E-state index is -0.775. The molecule has 11 nitrogen and oxygen atoms in total. The molecule has 1 saturated heterocycles. The number of rotatable bonds is 8. The van der Waals surface area contributed by atoms with Crippen LogP contribution in [0.1, 0.15) is 25.3 Å². The molecule has 0 spiro atoms. The van der Waals surface area contributed by atoms with Crippen LogP contribution in [0.3, 0.4) is 0 Å². The Morgan fingerprint density at radius 1 is 1.09 bits per heavy atom. The highest BCUT2D eigenvalue weighted by molar-refractivity contribution is 6.01. The third-order valence-corrected chi connectivity index (χ3v) is 4.89. The number of nitriles is 1. The first-order chi connectivity index (χ1) is 15.8. The molecule has 0 saturated carbocycles. The normalized spacial score (nSPS) is 13.3. The van der Waals surface area contributed by atoms with Crippen molar-refractivity contribution in [2.75, 3.05) is 19.7 Å². The van der Waals surface area contributed by atoms with Gasteiger partial charge in [0.25, 0.3) is 11.6 Å². The van der Waals surface area contributed by atoms with E-state index in [-0.39, 0.29) is 35.3 Å². The third-order valence-electron chi connectivity index (χ3n) is 4.89. The number of carbonyl (C=O) groups is 1. The molecule has 1 aliphatic rings. The lowest BCUT2D eigenvalue weighted by Gasteiger charge is -2.15. The van der Waals surface area contributed by atoms with E-state index < -0.39 is 21.2 Å². The standard InChI is InChI=1S/C22H20N4O7/c1-2-32-21-12-15(11-16(14-23)22(27)24-9-3-4-10-24)5-7-20(21)33-19-8-6-17(25(28)29)13-18(19)26(30)31/h5-8,11-13H,2-4,9-10H2,1H3/b16-11+. The highest BCUT2D eigenvalue weighted by atomic mass is 16.6. The van der Waals surface area contributed by atoms with Gasteiger partial charge in [-0.15, -0.1) is 0 Å². The van der Waals surface area contributed by atoms with Gasteiger partial charge in [0, 0.05) is 19.2 Å². The molecule has 170 valence electrons. The fourth-order valence-corrected chi connectivity index (χ4v) is 3.33. The minimum Gasteiger partial charge on any atom is -0.490 e. The SMILES string of the molecule is CCOc1cc(/C=C(\C#N)C(=O)N2CCCC2)ccc1Oc1ccc([N+](=O)[O-])cc1[N+](=O)[O-]. The zero-order valence-corrected chi connectivity index (χ0v) is 17.7. The van der Waals surface area contributed by atoms with Gasteiger partial charge in [0.1, 0.15) is 11.6 Å². The van der Waals surface area contributed by atoms with Crippen LogP contribution in [0.4, 0.5) is 11.4 Å². The van der Waals surface area contributed by atoms with E-state index >= 15 is 0 Å². The van der Waals surface area contributed by atoms with Crippen LogP contribution in [0, 0.1) is 31.6 Å². The molecule has 11 heteroatoms. The van der Waals surface area contributed by atoms with E-state index in [0.717, 1.165) is 31.0 Å². The Bertz CT molecular complexity index is 1160. The first-order valence-electron chi connectivity index (χ1n) is 10.1. The van der Waals surface area contributed by atoms with Crippen LogP contribution in [0.25, 0.3) is 6.08 Å². The minimum absolute atomic E-state index is 0.0148. The average Bonchev–Trinajstić information content (AvgIpc) is 3.33. The lowest BCUT2D eigenvalue weighted by molar-refractivity contribution is -0.394. The second kappa shape index (κ2) is 10.2. The Kier molecular flexibility index (Phi) is 7.20. The molecule has 0 aliphatic carbocycles. The van der Waals surface area contributed by atoms with Gasteiger partial charge in [-0.05, 0) is 49.6 Å². The monoisotopic (exact) mass is 452 g/mol. The summed E-state index contributed by atoms with van der Waals surface area (Å²) in [5, 5.41) is 31.8. The molecule has 0 radical (unpaired) electrons. The van der Waals surface area contributed by atoms with Crippen LogP contribution in [-0.4, -0.2) is 40.4 Å². The van der Waals surface area contributed by atoms with Crippen molar-refractivity contribution >= 4 is 23.4 Å². The van der Waals surface area contributed by atoms with Crippen molar-refractivity contribution < 1.29 is 24.1 Å². The Morgan fingerprint density at radius 3 is 2.39 bits per heavy atom. The predicted molar refractivity (Wildman–Crippen MR) is 117 cm³/mol. The number of benzene rings is 2. The molecule has 0 unspecified atom stereocenters. The largest absolute Gasteiger partial charge is 0.490 e. The molecule has 3 rings (SSSR count). The number of likely N-dealkylation sites (tertiary alicyclic amines) is 1. The van der Waals surface area contributed by atoms with Gasteiger partial charge >= 0.3 is 5.69 Å². The van der Waals surface area contributed by atoms with E-state index in [4.69, 9.17) is 9.47 Å². The molecule has 0 atom stereocenters. The lowest BCUT2D eigenvalue weighted by Crippen LogP contribution is -2.28. The Hall–Kier alpha value is -4.46. The van der Waals surface area contributed by atoms with Crippen molar-refractivity contribution in [2.45, 2.75) is 19.8 Å². The number of nitro benzene ring substituents is 2. The molecule has 0 bridgehead atoms. The van der Waals surface area contributed by atoms with E-state index in [1.165, 1.54) is 12.1 Å². The van der Waals surface area contributed by atoms with Gasteiger partial charge in [-0.25, -0.2) is 0 Å². The van der Waals surface area contributed by atoms with Gasteiger partial charge in [0.05, 0.1) is 22.5 Å². The van der Waals surface area contributed by atoms with E-state index in [0.29, 0.717) is 18.7 Å². The summed E-state index contributed by atoms with van der Waals surface area (Å²) in [5.41, 5.74) is -0.517. The lowest BCUT2D eigenvalue weighted by atomic mass is 10.1. The van der Waals surface area contributed by atoms with Crippen LogP contribution in [0.2, 0.25) is 0 Å². The van der Waals surface area contributed by atoms with Crippen molar-refractivity contribution in [1.82, 2.24) is 4.90 Å². The summed E-state index contributed by atoms with van der Waals surface area (Å²) >= 11 is 0. The van der Waals surface area contributed by atoms with Crippen LogP contribution < -0.4 is 9.47 Å². The van der Waals surface area contributed by atoms with Crippen molar-refractivity contribution in [3.63, 3.8) is 0 Å². The van der Waals surface area contributed by atoms with Crippen molar-refractivity contribution in [3.8, 4) is 23.3 Å². The molecule has 2 aromatic rings. The topological polar surface area (TPSA) is 149 Å². The smallest absolute Gasteiger partial charge is 0.318 e. The zero-order chi connectivity index (χ0) is 24.0. The molecule has 33 heavy (non-hydrogen) atoms. The molecule has 0 N–H and O–H groups in total. The van der Waals surface area contributed by atoms with Crippen molar-refractivity contribution in [2.24, 2.45) is 0 Å². The number of nitro groups is 2. The average molecular weight is 452 g/mol. The molecular formula is C22H20N4O7. The van der Waals surface area contributed by atoms with Crippen LogP contribution >= 0.6 is 0 Å². The summed E-state index contributed by atoms with van der Waals surface area (Å²) in [4.78, 5) is 35.0. The Labute approximate surface area is 188 Å². The summed E-state index contributed by atoms with van der Waals surface area (Å²) in [6.45, 7) is 3.22. The molecule has 0 aromatic heterocycles. The number of hydrogen-bond donors (Lipinski definition) is 0. The van der Waals surface area contributed by atoms with Crippen LogP contribution in [-0.2, 0) is 4.79 Å². The quantitative estimate of drug-likeness (QED) is 0.250. The highest BCUT2D eigenvalue weighted by Crippen LogP contribution is 2.38. The second-order valence-electron chi connectivity index (χ2n) is 7.08. The summed E-state index contributed by atoms with van der Waals surface area (Å²) in [6.07, 6.45) is 3.25. The number of carbonyl (C=O) groups excluding carboxylic acids is 1. The van der Waals surface area contributed by atoms with E-state index in [2.05, 4.69) is 0 Å². The van der Waals surface area contributed by atoms with Gasteiger partial charge in [0.15, 0.2) is 11.5 Å². The summed E-state index contributed by atoms with van der Waals surface area (Å²) < 4.78 is 11.2. The fourth-order valence-electron chi connectivity index (χ4n) is 3.33. The van der Waals surface area contributed by atoms with Gasteiger partial charge in [-0.1, -0.05) is 6.07 Å². The summed E-state index contributed by atoms with van der Waals surface area (Å²) in [7, 11) is 0. The van der Waals surface area contributed by atoms with Crippen molar-refractivity contribution in [3.05, 3.63) is 67.8 Å². The maximum absolute atomic E-state index is 12.5. The summed E-state index contributed by atoms with van der Waals surface area (Å²) in [6, 6.07) is 9.59. The maximum atomic E-state index is 12.5. The first-order valence-corrected chi connectivity index (χ1v) is 10.1. The molecule has 1 aliphatic heterocycles. The number of non-ortho nitro benzene ring substituents is 1. The van der Waals surface area contributed by atoms with Crippen LogP contribution in [0.15, 0.2) is 42.0 Å². The van der Waals surface area contributed by atoms with Gasteiger partial charge in [-0.2, -0.15) is 5.26 Å². The van der Waals surface area contributed by atoms with E-state index in [1.807, 2.05) is 6.07 Å². The fraction of sp³-hybridized carbons (Fsp3) is 0.273. The molecule has 1 heterocycles. The van der Waals surface area contributed by atoms with Gasteiger partial charge in [0.2, 0.25) is 5.75 Å². The Morgan fingerprint density at radius 2 is 1.79 bits per heavy atom. The number of nitrogens with zero attached hydrogens (tertiary/aromatic N) is 4. The number of hydrogen-bond acceptors (Lipinski definition) is 8. The predicted octanol–water partition coefficient (Wildman–Crippen LogP) is 4.22. The van der Waals surface area contributed by atoms with E-state index in [9.17, 15) is 30.3 Å². The second-order valence-corrected chi connectivity index (χ2v) is 7.08. The molecular weight excluding hydrogens is 432 g/mol. The molecule has 1 fully saturated rings. The van der Waals surface area contributed by atoms with Crippen molar-refractivity contribution in [1.29, 1.82) is 5.26 Å². The van der Waals surface area contributed by atoms with E-state index in [1.54, 1.807) is 24.0 Å². The Balaban J connectivity index is 1.93. The maximum Gasteiger partial charge on any atom is 0.318 e. The first kappa shape index (κ1) is 23.2. The molecule has 2 aromatic carbocycles. The highest BCUT2D eigenvalue weighted by Gasteiger charge is 2.23. The number of amides is 1.